The number of nitriles is 1. The van der Waals surface area contributed by atoms with Crippen molar-refractivity contribution in [1.29, 1.82) is 5.26 Å². The van der Waals surface area contributed by atoms with Gasteiger partial charge in [0, 0.05) is 13.2 Å². The van der Waals surface area contributed by atoms with Crippen molar-refractivity contribution in [1.82, 2.24) is 19.1 Å². The van der Waals surface area contributed by atoms with Crippen LogP contribution in [0.1, 0.15) is 22.6 Å². The zero-order valence-corrected chi connectivity index (χ0v) is 19.8. The summed E-state index contributed by atoms with van der Waals surface area (Å²) in [6.45, 7) is 3.94. The minimum Gasteiger partial charge on any atom is -0.326 e. The molecule has 0 aliphatic carbocycles. The number of thiazole rings is 1. The molecule has 5 rings (SSSR count). The number of rotatable bonds is 3. The summed E-state index contributed by atoms with van der Waals surface area (Å²) in [7, 11) is 1.89. The Morgan fingerprint density at radius 2 is 1.76 bits per heavy atom. The fourth-order valence-electron chi connectivity index (χ4n) is 4.17. The van der Waals surface area contributed by atoms with Crippen molar-refractivity contribution in [2.24, 2.45) is 7.05 Å². The average Bonchev–Trinajstić information content (AvgIpc) is 3.33. The predicted molar refractivity (Wildman–Crippen MR) is 135 cm³/mol. The summed E-state index contributed by atoms with van der Waals surface area (Å²) >= 11 is 1.28. The number of hydrogen-bond acceptors (Lipinski definition) is 5. The van der Waals surface area contributed by atoms with Crippen LogP contribution in [0.15, 0.2) is 71.7 Å². The number of para-hydroxylation sites is 3. The number of aryl methyl sites for hydroxylation is 3. The first-order chi connectivity index (χ1) is 16.5. The number of pyridine rings is 1. The van der Waals surface area contributed by atoms with Crippen LogP contribution in [0.25, 0.3) is 28.4 Å². The van der Waals surface area contributed by atoms with Crippen LogP contribution in [-0.4, -0.2) is 19.1 Å². The third-order valence-corrected chi connectivity index (χ3v) is 6.88. The molecule has 0 saturated carbocycles. The molecule has 3 aromatic heterocycles. The first-order valence-corrected chi connectivity index (χ1v) is 11.6. The van der Waals surface area contributed by atoms with E-state index in [1.807, 2.05) is 86.1 Å². The van der Waals surface area contributed by atoms with Crippen LogP contribution in [-0.2, 0) is 7.05 Å². The monoisotopic (exact) mass is 463 g/mol. The Labute approximate surface area is 200 Å². The molecule has 0 aliphatic rings. The maximum absolute atomic E-state index is 13.8. The van der Waals surface area contributed by atoms with E-state index in [0.29, 0.717) is 26.3 Å². The zero-order chi connectivity index (χ0) is 23.8. The summed E-state index contributed by atoms with van der Waals surface area (Å²) in [5, 5.41) is 10.3. The molecule has 7 heteroatoms. The largest absolute Gasteiger partial charge is 0.326 e. The van der Waals surface area contributed by atoms with Crippen LogP contribution < -0.4 is 14.8 Å². The number of benzene rings is 2. The fourth-order valence-corrected chi connectivity index (χ4v) is 5.24. The standard InChI is InChI=1S/C27H21N5OS/c1-17-9-8-10-18(2)24(17)32-26(33)23(15-19-11-6-7-14-29-19)34-27(32)20(16-28)25-30-21-12-4-5-13-22(21)31(25)3/h4-15H,1-3H3/b23-15+,27-20-. The molecule has 0 fully saturated rings. The van der Waals surface area contributed by atoms with Gasteiger partial charge in [0.2, 0.25) is 0 Å². The number of fused-ring (bicyclic) bond motifs is 1. The van der Waals surface area contributed by atoms with Crippen molar-refractivity contribution in [3.8, 4) is 11.8 Å². The lowest BCUT2D eigenvalue weighted by Crippen LogP contribution is -2.32. The Balaban J connectivity index is 1.95. The minimum absolute atomic E-state index is 0.186. The van der Waals surface area contributed by atoms with E-state index in [2.05, 4.69) is 11.1 Å². The maximum atomic E-state index is 13.8. The molecular weight excluding hydrogens is 442 g/mol. The lowest BCUT2D eigenvalue weighted by molar-refractivity contribution is 0.912. The van der Waals surface area contributed by atoms with Crippen molar-refractivity contribution in [2.45, 2.75) is 13.8 Å². The highest BCUT2D eigenvalue weighted by Crippen LogP contribution is 2.20. The molecule has 0 radical (unpaired) electrons. The van der Waals surface area contributed by atoms with E-state index in [9.17, 15) is 10.1 Å². The summed E-state index contributed by atoms with van der Waals surface area (Å²) in [5.74, 6) is 0.523. The van der Waals surface area contributed by atoms with Gasteiger partial charge in [-0.1, -0.05) is 36.4 Å². The van der Waals surface area contributed by atoms with Gasteiger partial charge in [-0.25, -0.2) is 4.98 Å². The molecule has 0 N–H and O–H groups in total. The van der Waals surface area contributed by atoms with Gasteiger partial charge in [-0.2, -0.15) is 5.26 Å². The molecule has 5 aromatic rings. The molecule has 3 heterocycles. The Kier molecular flexibility index (Phi) is 5.44. The van der Waals surface area contributed by atoms with Crippen molar-refractivity contribution < 1.29 is 0 Å². The van der Waals surface area contributed by atoms with Crippen LogP contribution >= 0.6 is 11.3 Å². The zero-order valence-electron chi connectivity index (χ0n) is 19.0. The fraction of sp³-hybridized carbons (Fsp3) is 0.111. The van der Waals surface area contributed by atoms with Gasteiger partial charge in [-0.3, -0.25) is 14.3 Å². The smallest absolute Gasteiger partial charge is 0.273 e. The van der Waals surface area contributed by atoms with Gasteiger partial charge in [-0.05, 0) is 55.3 Å². The highest BCUT2D eigenvalue weighted by atomic mass is 32.1. The average molecular weight is 464 g/mol. The van der Waals surface area contributed by atoms with Crippen LogP contribution in [0.5, 0.6) is 0 Å². The van der Waals surface area contributed by atoms with E-state index in [1.54, 1.807) is 16.8 Å². The van der Waals surface area contributed by atoms with Gasteiger partial charge in [0.15, 0.2) is 5.82 Å². The summed E-state index contributed by atoms with van der Waals surface area (Å²) in [4.78, 5) is 22.8. The van der Waals surface area contributed by atoms with E-state index in [4.69, 9.17) is 4.98 Å². The van der Waals surface area contributed by atoms with Gasteiger partial charge in [0.1, 0.15) is 16.3 Å². The predicted octanol–water partition coefficient (Wildman–Crippen LogP) is 3.35. The van der Waals surface area contributed by atoms with Crippen LogP contribution in [0, 0.1) is 25.2 Å². The summed E-state index contributed by atoms with van der Waals surface area (Å²) in [6.07, 6.45) is 3.46. The third-order valence-electron chi connectivity index (χ3n) is 5.79. The topological polar surface area (TPSA) is 76.5 Å². The molecule has 0 atom stereocenters. The number of aromatic nitrogens is 4. The molecule has 0 unspecified atom stereocenters. The van der Waals surface area contributed by atoms with Crippen LogP contribution in [0.2, 0.25) is 0 Å². The summed E-state index contributed by atoms with van der Waals surface area (Å²) in [6, 6.07) is 21.6. The normalized spacial score (nSPS) is 12.7. The van der Waals surface area contributed by atoms with E-state index in [1.165, 1.54) is 11.3 Å². The first kappa shape index (κ1) is 21.6. The van der Waals surface area contributed by atoms with Crippen molar-refractivity contribution in [2.75, 3.05) is 0 Å². The molecule has 6 nitrogen and oxygen atoms in total. The quantitative estimate of drug-likeness (QED) is 0.411. The highest BCUT2D eigenvalue weighted by Gasteiger charge is 2.19. The molecule has 0 aliphatic heterocycles. The SMILES string of the molecule is Cc1cccc(C)c1-n1c(=O)/c(=C\c2ccccn2)s/c1=C(/C#N)c1nc2ccccc2n1C. The second-order valence-corrected chi connectivity index (χ2v) is 9.05. The Hall–Kier alpha value is -4.28. The first-order valence-electron chi connectivity index (χ1n) is 10.8. The van der Waals surface area contributed by atoms with E-state index in [-0.39, 0.29) is 5.56 Å². The van der Waals surface area contributed by atoms with Gasteiger partial charge in [0.25, 0.3) is 5.56 Å². The molecule has 34 heavy (non-hydrogen) atoms. The second kappa shape index (κ2) is 8.58. The third kappa shape index (κ3) is 3.54. The van der Waals surface area contributed by atoms with Crippen LogP contribution in [0.4, 0.5) is 0 Å². The van der Waals surface area contributed by atoms with Crippen molar-refractivity contribution in [3.05, 3.63) is 109 Å². The summed E-state index contributed by atoms with van der Waals surface area (Å²) < 4.78 is 4.60. The molecule has 0 amide bonds. The lowest BCUT2D eigenvalue weighted by atomic mass is 10.1. The molecule has 166 valence electrons. The Bertz CT molecular complexity index is 1750. The Morgan fingerprint density at radius 1 is 1.03 bits per heavy atom. The highest BCUT2D eigenvalue weighted by molar-refractivity contribution is 7.07. The minimum atomic E-state index is -0.186. The van der Waals surface area contributed by atoms with Crippen molar-refractivity contribution >= 4 is 34.0 Å². The maximum Gasteiger partial charge on any atom is 0.273 e. The number of imidazole rings is 1. The van der Waals surface area contributed by atoms with E-state index >= 15 is 0 Å². The number of nitrogens with zero attached hydrogens (tertiary/aromatic N) is 5. The summed E-state index contributed by atoms with van der Waals surface area (Å²) in [5.41, 5.74) is 5.25. The molecular formula is C27H21N5OS. The van der Waals surface area contributed by atoms with Gasteiger partial charge >= 0.3 is 0 Å². The van der Waals surface area contributed by atoms with E-state index < -0.39 is 0 Å². The lowest BCUT2D eigenvalue weighted by Gasteiger charge is -2.11. The van der Waals surface area contributed by atoms with Crippen LogP contribution in [0.3, 0.4) is 0 Å². The van der Waals surface area contributed by atoms with E-state index in [0.717, 1.165) is 27.8 Å². The number of hydrogen-bond donors (Lipinski definition) is 0. The molecule has 2 aromatic carbocycles. The molecule has 0 saturated heterocycles. The molecule has 0 spiro atoms. The second-order valence-electron chi connectivity index (χ2n) is 8.02. The van der Waals surface area contributed by atoms with Crippen molar-refractivity contribution in [3.63, 3.8) is 0 Å². The van der Waals surface area contributed by atoms with Gasteiger partial charge in [0.05, 0.1) is 26.9 Å². The Morgan fingerprint density at radius 3 is 2.44 bits per heavy atom. The van der Waals surface area contributed by atoms with Gasteiger partial charge in [-0.15, -0.1) is 11.3 Å². The van der Waals surface area contributed by atoms with Gasteiger partial charge < -0.3 is 4.57 Å². The molecule has 0 bridgehead atoms.